The molecule has 0 atom stereocenters. The van der Waals surface area contributed by atoms with Crippen LogP contribution in [0.15, 0.2) is 24.3 Å². The number of aldehydes is 1. The lowest BCUT2D eigenvalue weighted by molar-refractivity contribution is -0.145. The number of benzene rings is 1. The van der Waals surface area contributed by atoms with Crippen molar-refractivity contribution in [1.29, 1.82) is 0 Å². The second-order valence-corrected chi connectivity index (χ2v) is 10.3. The normalized spacial score (nSPS) is 11.0. The Morgan fingerprint density at radius 3 is 1.48 bits per heavy atom. The Morgan fingerprint density at radius 2 is 1.00 bits per heavy atom. The minimum absolute atomic E-state index is 0.131. The molecule has 7 nitrogen and oxygen atoms in total. The fourth-order valence-electron chi connectivity index (χ4n) is 4.33. The van der Waals surface area contributed by atoms with E-state index in [1.807, 2.05) is 0 Å². The number of ether oxygens (including phenoxy) is 5. The van der Waals surface area contributed by atoms with E-state index < -0.39 is 0 Å². The van der Waals surface area contributed by atoms with Crippen LogP contribution >= 0.6 is 0 Å². The third-order valence-corrected chi connectivity index (χ3v) is 6.73. The van der Waals surface area contributed by atoms with Gasteiger partial charge in [-0.05, 0) is 30.7 Å². The smallest absolute Gasteiger partial charge is 0.305 e. The largest absolute Gasteiger partial charge is 0.491 e. The summed E-state index contributed by atoms with van der Waals surface area (Å²) in [5, 5.41) is 0. The summed E-state index contributed by atoms with van der Waals surface area (Å²) in [5.74, 6) is 0.576. The summed E-state index contributed by atoms with van der Waals surface area (Å²) in [6.45, 7) is 5.71. The SMILES string of the molecule is CCCCCCCCCCCCCCCCCC(=O)OCCOCCOCCOCCOc1ccc(C=O)cc1. The standard InChI is InChI=1S/C33H56O7/c1-2-3-4-5-6-7-8-9-10-11-12-13-14-15-16-17-33(35)40-29-27-38-25-23-36-22-24-37-26-28-39-32-20-18-31(30-34)19-21-32/h18-21,30H,2-17,22-29H2,1H3. The molecular formula is C33H56O7. The van der Waals surface area contributed by atoms with Crippen LogP contribution in [-0.2, 0) is 23.7 Å². The molecule has 0 unspecified atom stereocenters. The van der Waals surface area contributed by atoms with E-state index in [4.69, 9.17) is 23.7 Å². The molecule has 0 aliphatic carbocycles. The van der Waals surface area contributed by atoms with E-state index in [0.717, 1.165) is 19.1 Å². The van der Waals surface area contributed by atoms with Crippen molar-refractivity contribution < 1.29 is 33.3 Å². The van der Waals surface area contributed by atoms with Gasteiger partial charge in [-0.15, -0.1) is 0 Å². The van der Waals surface area contributed by atoms with E-state index in [1.165, 1.54) is 83.5 Å². The van der Waals surface area contributed by atoms with Crippen molar-refractivity contribution >= 4 is 12.3 Å². The average molecular weight is 565 g/mol. The molecule has 0 radical (unpaired) electrons. The second-order valence-electron chi connectivity index (χ2n) is 10.3. The van der Waals surface area contributed by atoms with Gasteiger partial charge in [-0.3, -0.25) is 9.59 Å². The Kier molecular flexibility index (Phi) is 25.8. The Bertz CT molecular complexity index is 693. The first-order chi connectivity index (χ1) is 19.8. The number of hydrogen-bond donors (Lipinski definition) is 0. The van der Waals surface area contributed by atoms with Crippen LogP contribution in [0.2, 0.25) is 0 Å². The van der Waals surface area contributed by atoms with Crippen molar-refractivity contribution in [2.45, 2.75) is 110 Å². The molecule has 0 spiro atoms. The summed E-state index contributed by atoms with van der Waals surface area (Å²) in [7, 11) is 0. The van der Waals surface area contributed by atoms with Gasteiger partial charge >= 0.3 is 5.97 Å². The van der Waals surface area contributed by atoms with E-state index in [2.05, 4.69) is 6.92 Å². The van der Waals surface area contributed by atoms with Gasteiger partial charge in [0.25, 0.3) is 0 Å². The van der Waals surface area contributed by atoms with E-state index in [9.17, 15) is 9.59 Å². The molecule has 1 aromatic carbocycles. The summed E-state index contributed by atoms with van der Waals surface area (Å²) >= 11 is 0. The minimum Gasteiger partial charge on any atom is -0.491 e. The van der Waals surface area contributed by atoms with Crippen LogP contribution in [0.1, 0.15) is 120 Å². The maximum absolute atomic E-state index is 11.8. The van der Waals surface area contributed by atoms with Gasteiger partial charge in [0, 0.05) is 12.0 Å². The highest BCUT2D eigenvalue weighted by Crippen LogP contribution is 2.14. The molecule has 0 bridgehead atoms. The van der Waals surface area contributed by atoms with Gasteiger partial charge in [0.15, 0.2) is 0 Å². The first-order valence-electron chi connectivity index (χ1n) is 15.8. The Balaban J connectivity index is 1.72. The number of esters is 1. The van der Waals surface area contributed by atoms with Crippen molar-refractivity contribution in [2.24, 2.45) is 0 Å². The zero-order valence-electron chi connectivity index (χ0n) is 25.2. The highest BCUT2D eigenvalue weighted by molar-refractivity contribution is 5.74. The Morgan fingerprint density at radius 1 is 0.575 bits per heavy atom. The van der Waals surface area contributed by atoms with E-state index in [-0.39, 0.29) is 5.97 Å². The topological polar surface area (TPSA) is 80.3 Å². The maximum atomic E-state index is 11.8. The van der Waals surface area contributed by atoms with E-state index >= 15 is 0 Å². The van der Waals surface area contributed by atoms with Gasteiger partial charge in [-0.2, -0.15) is 0 Å². The van der Waals surface area contributed by atoms with Crippen LogP contribution in [-0.4, -0.2) is 65.1 Å². The third-order valence-electron chi connectivity index (χ3n) is 6.73. The van der Waals surface area contributed by atoms with Crippen molar-refractivity contribution in [3.05, 3.63) is 29.8 Å². The quantitative estimate of drug-likeness (QED) is 0.0537. The fraction of sp³-hybridized carbons (Fsp3) is 0.758. The van der Waals surface area contributed by atoms with Crippen molar-refractivity contribution in [2.75, 3.05) is 52.9 Å². The number of unbranched alkanes of at least 4 members (excludes halogenated alkanes) is 14. The second kappa shape index (κ2) is 28.6. The minimum atomic E-state index is -0.131. The Labute approximate surface area is 243 Å². The fourth-order valence-corrected chi connectivity index (χ4v) is 4.33. The molecular weight excluding hydrogens is 508 g/mol. The number of hydrogen-bond acceptors (Lipinski definition) is 7. The first kappa shape index (κ1) is 36.1. The van der Waals surface area contributed by atoms with Crippen LogP contribution in [0.3, 0.4) is 0 Å². The molecule has 0 fully saturated rings. The summed E-state index contributed by atoms with van der Waals surface area (Å²) < 4.78 is 27.1. The highest BCUT2D eigenvalue weighted by atomic mass is 16.6. The molecule has 0 saturated heterocycles. The monoisotopic (exact) mass is 564 g/mol. The maximum Gasteiger partial charge on any atom is 0.305 e. The van der Waals surface area contributed by atoms with Gasteiger partial charge < -0.3 is 23.7 Å². The van der Waals surface area contributed by atoms with Crippen LogP contribution in [0.5, 0.6) is 5.75 Å². The van der Waals surface area contributed by atoms with E-state index in [0.29, 0.717) is 70.6 Å². The van der Waals surface area contributed by atoms with E-state index in [1.54, 1.807) is 24.3 Å². The van der Waals surface area contributed by atoms with Crippen LogP contribution in [0, 0.1) is 0 Å². The number of rotatable bonds is 30. The lowest BCUT2D eigenvalue weighted by Crippen LogP contribution is -2.14. The number of carbonyl (C=O) groups is 2. The third kappa shape index (κ3) is 23.9. The molecule has 0 amide bonds. The van der Waals surface area contributed by atoms with Crippen molar-refractivity contribution in [3.63, 3.8) is 0 Å². The molecule has 0 N–H and O–H groups in total. The van der Waals surface area contributed by atoms with Crippen molar-refractivity contribution in [3.8, 4) is 5.75 Å². The zero-order chi connectivity index (χ0) is 28.8. The molecule has 1 rings (SSSR count). The zero-order valence-corrected chi connectivity index (χ0v) is 25.2. The van der Waals surface area contributed by atoms with Crippen LogP contribution in [0.25, 0.3) is 0 Å². The predicted octanol–water partition coefficient (Wildman–Crippen LogP) is 7.73. The van der Waals surface area contributed by atoms with Crippen LogP contribution < -0.4 is 4.74 Å². The Hall–Kier alpha value is -1.96. The molecule has 0 saturated carbocycles. The molecule has 1 aromatic rings. The van der Waals surface area contributed by atoms with Gasteiger partial charge in [0.1, 0.15) is 25.2 Å². The van der Waals surface area contributed by atoms with Gasteiger partial charge in [-0.25, -0.2) is 0 Å². The number of carbonyl (C=O) groups excluding carboxylic acids is 2. The first-order valence-corrected chi connectivity index (χ1v) is 15.8. The van der Waals surface area contributed by atoms with Crippen LogP contribution in [0.4, 0.5) is 0 Å². The molecule has 0 heterocycles. The average Bonchev–Trinajstić information content (AvgIpc) is 2.97. The molecule has 7 heteroatoms. The molecule has 0 aliphatic rings. The molecule has 0 aromatic heterocycles. The van der Waals surface area contributed by atoms with Gasteiger partial charge in [0.2, 0.25) is 0 Å². The lowest BCUT2D eigenvalue weighted by Gasteiger charge is -2.08. The summed E-state index contributed by atoms with van der Waals surface area (Å²) in [6.07, 6.45) is 21.1. The lowest BCUT2D eigenvalue weighted by atomic mass is 10.0. The summed E-state index contributed by atoms with van der Waals surface area (Å²) in [6, 6.07) is 6.95. The molecule has 230 valence electrons. The van der Waals surface area contributed by atoms with Gasteiger partial charge in [-0.1, -0.05) is 96.8 Å². The highest BCUT2D eigenvalue weighted by Gasteiger charge is 2.03. The van der Waals surface area contributed by atoms with Crippen molar-refractivity contribution in [1.82, 2.24) is 0 Å². The summed E-state index contributed by atoms with van der Waals surface area (Å²) in [4.78, 5) is 22.5. The molecule has 40 heavy (non-hydrogen) atoms. The van der Waals surface area contributed by atoms with Gasteiger partial charge in [0.05, 0.1) is 39.6 Å². The summed E-state index contributed by atoms with van der Waals surface area (Å²) in [5.41, 5.74) is 0.622. The predicted molar refractivity (Wildman–Crippen MR) is 160 cm³/mol. The molecule has 0 aliphatic heterocycles.